The molecule has 5 heteroatoms. The van der Waals surface area contributed by atoms with Crippen LogP contribution in [0.2, 0.25) is 0 Å². The number of hydrogen-bond donors (Lipinski definition) is 1. The number of nitrogens with zero attached hydrogens (tertiary/aromatic N) is 2. The molecule has 0 amide bonds. The minimum atomic E-state index is -0.895. The summed E-state index contributed by atoms with van der Waals surface area (Å²) in [5, 5.41) is 2.72. The Balaban J connectivity index is 2.54. The lowest BCUT2D eigenvalue weighted by molar-refractivity contribution is 0.348. The van der Waals surface area contributed by atoms with Gasteiger partial charge in [-0.25, -0.2) is 18.7 Å². The van der Waals surface area contributed by atoms with Crippen molar-refractivity contribution in [2.45, 2.75) is 26.4 Å². The monoisotopic (exact) mass is 201 g/mol. The smallest absolute Gasteiger partial charge is 0.186 e. The number of rotatable bonds is 4. The van der Waals surface area contributed by atoms with Gasteiger partial charge in [0.25, 0.3) is 0 Å². The van der Waals surface area contributed by atoms with Gasteiger partial charge in [0.2, 0.25) is 0 Å². The molecule has 1 atom stereocenters. The van der Waals surface area contributed by atoms with Crippen LogP contribution < -0.4 is 5.32 Å². The molecule has 1 N–H and O–H groups in total. The van der Waals surface area contributed by atoms with Gasteiger partial charge in [0.1, 0.15) is 6.33 Å². The molecule has 14 heavy (non-hydrogen) atoms. The summed E-state index contributed by atoms with van der Waals surface area (Å²) in [6, 6.07) is 0. The van der Waals surface area contributed by atoms with Gasteiger partial charge in [-0.2, -0.15) is 0 Å². The van der Waals surface area contributed by atoms with E-state index in [0.29, 0.717) is 13.0 Å². The third-order valence-electron chi connectivity index (χ3n) is 1.80. The maximum Gasteiger partial charge on any atom is 0.186 e. The summed E-state index contributed by atoms with van der Waals surface area (Å²) in [5.41, 5.74) is 0.288. The van der Waals surface area contributed by atoms with Gasteiger partial charge in [-0.05, 0) is 20.3 Å². The largest absolute Gasteiger partial charge is 0.367 e. The summed E-state index contributed by atoms with van der Waals surface area (Å²) in [5.74, 6) is -0.336. The highest BCUT2D eigenvalue weighted by molar-refractivity contribution is 5.36. The fourth-order valence-corrected chi connectivity index (χ4v) is 0.971. The van der Waals surface area contributed by atoms with Crippen LogP contribution in [0.1, 0.15) is 19.0 Å². The van der Waals surface area contributed by atoms with Gasteiger partial charge in [-0.3, -0.25) is 0 Å². The van der Waals surface area contributed by atoms with Crippen LogP contribution in [-0.4, -0.2) is 22.7 Å². The van der Waals surface area contributed by atoms with Crippen LogP contribution in [0.5, 0.6) is 0 Å². The van der Waals surface area contributed by atoms with Crippen molar-refractivity contribution in [2.75, 3.05) is 11.9 Å². The molecule has 0 aliphatic rings. The van der Waals surface area contributed by atoms with E-state index in [0.717, 1.165) is 0 Å². The van der Waals surface area contributed by atoms with E-state index >= 15 is 0 Å². The van der Waals surface area contributed by atoms with Gasteiger partial charge < -0.3 is 5.32 Å². The van der Waals surface area contributed by atoms with Gasteiger partial charge >= 0.3 is 0 Å². The molecule has 0 spiro atoms. The maximum atomic E-state index is 13.2. The first-order valence-corrected chi connectivity index (χ1v) is 4.46. The van der Waals surface area contributed by atoms with E-state index in [4.69, 9.17) is 0 Å². The normalized spacial score (nSPS) is 12.6. The molecule has 0 fully saturated rings. The summed E-state index contributed by atoms with van der Waals surface area (Å²) in [6.07, 6.45) is 0.718. The molecule has 1 aromatic heterocycles. The van der Waals surface area contributed by atoms with Gasteiger partial charge in [0, 0.05) is 6.54 Å². The molecule has 3 nitrogen and oxygen atoms in total. The summed E-state index contributed by atoms with van der Waals surface area (Å²) in [6.45, 7) is 3.38. The minimum Gasteiger partial charge on any atom is -0.367 e. The summed E-state index contributed by atoms with van der Waals surface area (Å²) < 4.78 is 25.7. The van der Waals surface area contributed by atoms with Crippen LogP contribution in [0.3, 0.4) is 0 Å². The second-order valence-corrected chi connectivity index (χ2v) is 3.12. The van der Waals surface area contributed by atoms with E-state index in [1.54, 1.807) is 6.92 Å². The van der Waals surface area contributed by atoms with Crippen molar-refractivity contribution >= 4 is 5.82 Å². The molecule has 1 aromatic rings. The zero-order valence-electron chi connectivity index (χ0n) is 8.22. The Morgan fingerprint density at radius 3 is 2.86 bits per heavy atom. The minimum absolute atomic E-state index is 0.137. The van der Waals surface area contributed by atoms with E-state index in [1.165, 1.54) is 13.3 Å². The lowest BCUT2D eigenvalue weighted by Gasteiger charge is -2.07. The molecule has 0 saturated carbocycles. The van der Waals surface area contributed by atoms with Crippen LogP contribution in [-0.2, 0) is 0 Å². The Kier molecular flexibility index (Phi) is 3.73. The van der Waals surface area contributed by atoms with Crippen LogP contribution in [0, 0.1) is 12.7 Å². The van der Waals surface area contributed by atoms with Gasteiger partial charge in [0.05, 0.1) is 11.9 Å². The third-order valence-corrected chi connectivity index (χ3v) is 1.80. The van der Waals surface area contributed by atoms with Crippen LogP contribution >= 0.6 is 0 Å². The molecule has 0 radical (unpaired) electrons. The fraction of sp³-hybridized carbons (Fsp3) is 0.556. The SMILES string of the molecule is Cc1ncnc(NCCC(C)F)c1F. The first kappa shape index (κ1) is 10.8. The van der Waals surface area contributed by atoms with E-state index in [9.17, 15) is 8.78 Å². The average molecular weight is 201 g/mol. The van der Waals surface area contributed by atoms with E-state index < -0.39 is 12.0 Å². The lowest BCUT2D eigenvalue weighted by Crippen LogP contribution is -2.10. The number of halogens is 2. The summed E-state index contributed by atoms with van der Waals surface area (Å²) in [4.78, 5) is 7.40. The molecular formula is C9H13F2N3. The standard InChI is InChI=1S/C9H13F2N3/c1-6(10)3-4-12-9-8(11)7(2)13-5-14-9/h5-6H,3-4H2,1-2H3,(H,12,13,14). The Morgan fingerprint density at radius 1 is 1.50 bits per heavy atom. The molecule has 1 unspecified atom stereocenters. The highest BCUT2D eigenvalue weighted by Crippen LogP contribution is 2.11. The van der Waals surface area contributed by atoms with Crippen molar-refractivity contribution in [3.63, 3.8) is 0 Å². The van der Waals surface area contributed by atoms with Crippen LogP contribution in [0.25, 0.3) is 0 Å². The first-order chi connectivity index (χ1) is 6.61. The van der Waals surface area contributed by atoms with E-state index in [2.05, 4.69) is 15.3 Å². The quantitative estimate of drug-likeness (QED) is 0.810. The topological polar surface area (TPSA) is 37.8 Å². The van der Waals surface area contributed by atoms with Crippen molar-refractivity contribution in [2.24, 2.45) is 0 Å². The molecule has 1 rings (SSSR count). The maximum absolute atomic E-state index is 13.2. The zero-order chi connectivity index (χ0) is 10.6. The lowest BCUT2D eigenvalue weighted by atomic mass is 10.3. The second kappa shape index (κ2) is 4.83. The number of hydrogen-bond acceptors (Lipinski definition) is 3. The molecule has 0 aliphatic carbocycles. The predicted molar refractivity (Wildman–Crippen MR) is 50.4 cm³/mol. The number of alkyl halides is 1. The molecule has 0 bridgehead atoms. The Labute approximate surface area is 81.6 Å². The Bertz CT molecular complexity index is 302. The van der Waals surface area contributed by atoms with Crippen LogP contribution in [0.4, 0.5) is 14.6 Å². The van der Waals surface area contributed by atoms with E-state index in [-0.39, 0.29) is 11.5 Å². The highest BCUT2D eigenvalue weighted by atomic mass is 19.1. The molecule has 1 heterocycles. The van der Waals surface area contributed by atoms with Crippen molar-refractivity contribution in [1.29, 1.82) is 0 Å². The number of anilines is 1. The third kappa shape index (κ3) is 2.90. The summed E-state index contributed by atoms with van der Waals surface area (Å²) >= 11 is 0. The van der Waals surface area contributed by atoms with Crippen molar-refractivity contribution in [3.05, 3.63) is 17.8 Å². The van der Waals surface area contributed by atoms with Gasteiger partial charge in [-0.15, -0.1) is 0 Å². The molecule has 78 valence electrons. The van der Waals surface area contributed by atoms with E-state index in [1.807, 2.05) is 0 Å². The second-order valence-electron chi connectivity index (χ2n) is 3.12. The zero-order valence-corrected chi connectivity index (χ0v) is 8.22. The predicted octanol–water partition coefficient (Wildman–Crippen LogP) is 2.08. The first-order valence-electron chi connectivity index (χ1n) is 4.46. The van der Waals surface area contributed by atoms with Gasteiger partial charge in [0.15, 0.2) is 11.6 Å². The number of aryl methyl sites for hydroxylation is 1. The van der Waals surface area contributed by atoms with Crippen molar-refractivity contribution < 1.29 is 8.78 Å². The van der Waals surface area contributed by atoms with Gasteiger partial charge in [-0.1, -0.05) is 0 Å². The molecule has 0 aromatic carbocycles. The van der Waals surface area contributed by atoms with Crippen molar-refractivity contribution in [1.82, 2.24) is 9.97 Å². The summed E-state index contributed by atoms with van der Waals surface area (Å²) in [7, 11) is 0. The number of aromatic nitrogens is 2. The molecular weight excluding hydrogens is 188 g/mol. The number of nitrogens with one attached hydrogen (secondary N) is 1. The molecule has 0 aliphatic heterocycles. The average Bonchev–Trinajstić information content (AvgIpc) is 2.12. The van der Waals surface area contributed by atoms with Crippen LogP contribution in [0.15, 0.2) is 6.33 Å². The Morgan fingerprint density at radius 2 is 2.21 bits per heavy atom. The Hall–Kier alpha value is -1.26. The molecule has 0 saturated heterocycles. The van der Waals surface area contributed by atoms with Crippen molar-refractivity contribution in [3.8, 4) is 0 Å². The fourth-order valence-electron chi connectivity index (χ4n) is 0.971. The highest BCUT2D eigenvalue weighted by Gasteiger charge is 2.06.